The second kappa shape index (κ2) is 6.43. The number of piperidine rings is 1. The van der Waals surface area contributed by atoms with Gasteiger partial charge in [0.25, 0.3) is 5.56 Å². The highest BCUT2D eigenvalue weighted by atomic mass is 19.2. The molecule has 4 heterocycles. The Labute approximate surface area is 173 Å². The van der Waals surface area contributed by atoms with Crippen molar-refractivity contribution in [1.29, 1.82) is 0 Å². The lowest BCUT2D eigenvalue weighted by molar-refractivity contribution is 0.363. The van der Waals surface area contributed by atoms with Gasteiger partial charge in [-0.05, 0) is 24.0 Å². The monoisotopic (exact) mass is 425 g/mol. The molecule has 2 atom stereocenters. The molecule has 1 aliphatic heterocycles. The highest BCUT2D eigenvalue weighted by molar-refractivity contribution is 5.68. The SMILES string of the molecule is Cn1cnc2ncn(Cc3nc(C4C5CN(c6ccc(F)c(F)c6)CC54)no3)c(=O)c21. The number of imidazole rings is 1. The summed E-state index contributed by atoms with van der Waals surface area (Å²) in [5.41, 5.74) is 1.26. The number of fused-ring (bicyclic) bond motifs is 2. The van der Waals surface area contributed by atoms with Crippen molar-refractivity contribution in [2.75, 3.05) is 18.0 Å². The van der Waals surface area contributed by atoms with Crippen molar-refractivity contribution in [1.82, 2.24) is 29.2 Å². The van der Waals surface area contributed by atoms with E-state index in [-0.39, 0.29) is 18.0 Å². The summed E-state index contributed by atoms with van der Waals surface area (Å²) in [5.74, 6) is 0.130. The molecule has 6 rings (SSSR count). The third kappa shape index (κ3) is 2.83. The minimum Gasteiger partial charge on any atom is -0.371 e. The molecule has 11 heteroatoms. The summed E-state index contributed by atoms with van der Waals surface area (Å²) in [6.45, 7) is 1.58. The van der Waals surface area contributed by atoms with E-state index < -0.39 is 11.6 Å². The van der Waals surface area contributed by atoms with E-state index in [1.54, 1.807) is 24.0 Å². The third-order valence-electron chi connectivity index (χ3n) is 6.25. The summed E-state index contributed by atoms with van der Waals surface area (Å²) >= 11 is 0. The summed E-state index contributed by atoms with van der Waals surface area (Å²) in [7, 11) is 1.74. The van der Waals surface area contributed by atoms with Crippen molar-refractivity contribution in [2.45, 2.75) is 12.5 Å². The van der Waals surface area contributed by atoms with Crippen molar-refractivity contribution in [3.8, 4) is 0 Å². The lowest BCUT2D eigenvalue weighted by Crippen LogP contribution is -2.24. The standard InChI is InChI=1S/C20H17F2N7O2/c1-27-8-23-19-17(27)20(30)29(9-24-19)7-15-25-18(26-31-15)16-11-5-28(6-12(11)16)10-2-3-13(21)14(22)4-10/h2-4,8-9,11-12,16H,5-7H2,1H3. The second-order valence-electron chi connectivity index (χ2n) is 8.11. The van der Waals surface area contributed by atoms with E-state index in [1.807, 2.05) is 4.90 Å². The molecule has 158 valence electrons. The molecular weight excluding hydrogens is 408 g/mol. The van der Waals surface area contributed by atoms with Crippen LogP contribution in [-0.2, 0) is 13.6 Å². The van der Waals surface area contributed by atoms with Crippen molar-refractivity contribution < 1.29 is 13.3 Å². The van der Waals surface area contributed by atoms with Crippen LogP contribution in [0.2, 0.25) is 0 Å². The van der Waals surface area contributed by atoms with Crippen LogP contribution in [0.15, 0.2) is 40.2 Å². The Balaban J connectivity index is 1.16. The summed E-state index contributed by atoms with van der Waals surface area (Å²) in [4.78, 5) is 27.5. The van der Waals surface area contributed by atoms with Crippen LogP contribution in [0.3, 0.4) is 0 Å². The maximum atomic E-state index is 13.5. The largest absolute Gasteiger partial charge is 0.371 e. The molecule has 0 N–H and O–H groups in total. The normalized spacial score (nSPS) is 22.3. The highest BCUT2D eigenvalue weighted by Crippen LogP contribution is 2.57. The number of hydrogen-bond donors (Lipinski definition) is 0. The van der Waals surface area contributed by atoms with Gasteiger partial charge in [-0.25, -0.2) is 18.7 Å². The minimum absolute atomic E-state index is 0.128. The Kier molecular flexibility index (Phi) is 3.77. The molecule has 1 aliphatic carbocycles. The van der Waals surface area contributed by atoms with E-state index in [4.69, 9.17) is 4.52 Å². The molecule has 1 saturated heterocycles. The third-order valence-corrected chi connectivity index (χ3v) is 6.25. The molecule has 4 aromatic rings. The van der Waals surface area contributed by atoms with Crippen LogP contribution in [0, 0.1) is 23.5 Å². The van der Waals surface area contributed by atoms with E-state index in [9.17, 15) is 13.6 Å². The van der Waals surface area contributed by atoms with Gasteiger partial charge in [0, 0.05) is 37.8 Å². The zero-order valence-corrected chi connectivity index (χ0v) is 16.4. The molecule has 1 aromatic carbocycles. The number of aromatic nitrogens is 6. The van der Waals surface area contributed by atoms with E-state index in [0.29, 0.717) is 40.4 Å². The lowest BCUT2D eigenvalue weighted by Gasteiger charge is -2.21. The van der Waals surface area contributed by atoms with Gasteiger partial charge in [0.15, 0.2) is 28.6 Å². The summed E-state index contributed by atoms with van der Waals surface area (Å²) in [6, 6.07) is 3.97. The molecule has 2 fully saturated rings. The predicted octanol–water partition coefficient (Wildman–Crippen LogP) is 1.69. The molecule has 9 nitrogen and oxygen atoms in total. The first-order valence-electron chi connectivity index (χ1n) is 9.88. The highest BCUT2D eigenvalue weighted by Gasteiger charge is 2.58. The van der Waals surface area contributed by atoms with Crippen molar-refractivity contribution in [3.63, 3.8) is 0 Å². The van der Waals surface area contributed by atoms with Crippen LogP contribution >= 0.6 is 0 Å². The molecule has 31 heavy (non-hydrogen) atoms. The molecule has 0 bridgehead atoms. The quantitative estimate of drug-likeness (QED) is 0.491. The first kappa shape index (κ1) is 18.2. The van der Waals surface area contributed by atoms with Crippen LogP contribution in [-0.4, -0.2) is 42.3 Å². The molecule has 0 amide bonds. The van der Waals surface area contributed by atoms with Gasteiger partial charge in [-0.1, -0.05) is 5.16 Å². The number of rotatable bonds is 4. The van der Waals surface area contributed by atoms with Gasteiger partial charge in [0.1, 0.15) is 12.9 Å². The van der Waals surface area contributed by atoms with Crippen molar-refractivity contribution in [2.24, 2.45) is 18.9 Å². The summed E-state index contributed by atoms with van der Waals surface area (Å²) in [5, 5.41) is 4.11. The van der Waals surface area contributed by atoms with Gasteiger partial charge in [0.05, 0.1) is 6.33 Å². The van der Waals surface area contributed by atoms with E-state index in [2.05, 4.69) is 20.1 Å². The van der Waals surface area contributed by atoms with Gasteiger partial charge in [-0.3, -0.25) is 9.36 Å². The number of anilines is 1. The van der Waals surface area contributed by atoms with Crippen LogP contribution in [0.25, 0.3) is 11.2 Å². The number of benzene rings is 1. The fourth-order valence-electron chi connectivity index (χ4n) is 4.60. The number of nitrogens with zero attached hydrogens (tertiary/aromatic N) is 7. The van der Waals surface area contributed by atoms with Crippen LogP contribution in [0.4, 0.5) is 14.5 Å². The van der Waals surface area contributed by atoms with Crippen molar-refractivity contribution in [3.05, 3.63) is 64.6 Å². The molecule has 3 aromatic heterocycles. The zero-order chi connectivity index (χ0) is 21.3. The maximum absolute atomic E-state index is 13.5. The zero-order valence-electron chi connectivity index (χ0n) is 16.4. The fraction of sp³-hybridized carbons (Fsp3) is 0.350. The Morgan fingerprint density at radius 3 is 2.68 bits per heavy atom. The van der Waals surface area contributed by atoms with Crippen LogP contribution in [0.5, 0.6) is 0 Å². The Bertz CT molecular complexity index is 1370. The average Bonchev–Trinajstić information content (AvgIpc) is 3.18. The maximum Gasteiger partial charge on any atom is 0.280 e. The smallest absolute Gasteiger partial charge is 0.280 e. The van der Waals surface area contributed by atoms with E-state index in [0.717, 1.165) is 19.2 Å². The first-order valence-corrected chi connectivity index (χ1v) is 9.88. The number of halogens is 2. The lowest BCUT2D eigenvalue weighted by atomic mass is 10.2. The summed E-state index contributed by atoms with van der Waals surface area (Å²) < 4.78 is 35.1. The second-order valence-corrected chi connectivity index (χ2v) is 8.11. The van der Waals surface area contributed by atoms with E-state index >= 15 is 0 Å². The molecule has 1 saturated carbocycles. The van der Waals surface area contributed by atoms with Crippen molar-refractivity contribution >= 4 is 16.9 Å². The summed E-state index contributed by atoms with van der Waals surface area (Å²) in [6.07, 6.45) is 2.97. The van der Waals surface area contributed by atoms with Gasteiger partial charge in [-0.15, -0.1) is 0 Å². The topological polar surface area (TPSA) is 94.9 Å². The molecule has 2 aliphatic rings. The van der Waals surface area contributed by atoms with E-state index in [1.165, 1.54) is 17.0 Å². The fourth-order valence-corrected chi connectivity index (χ4v) is 4.60. The minimum atomic E-state index is -0.845. The van der Waals surface area contributed by atoms with Crippen LogP contribution in [0.1, 0.15) is 17.6 Å². The predicted molar refractivity (Wildman–Crippen MR) is 104 cm³/mol. The molecule has 0 spiro atoms. The average molecular weight is 425 g/mol. The van der Waals surface area contributed by atoms with Gasteiger partial charge < -0.3 is 14.0 Å². The Morgan fingerprint density at radius 1 is 1.13 bits per heavy atom. The number of hydrogen-bond acceptors (Lipinski definition) is 7. The van der Waals surface area contributed by atoms with Gasteiger partial charge in [0.2, 0.25) is 5.89 Å². The van der Waals surface area contributed by atoms with Gasteiger partial charge in [-0.2, -0.15) is 4.98 Å². The number of aryl methyl sites for hydroxylation is 1. The molecule has 0 radical (unpaired) electrons. The van der Waals surface area contributed by atoms with Gasteiger partial charge >= 0.3 is 0 Å². The van der Waals surface area contributed by atoms with Crippen LogP contribution < -0.4 is 10.5 Å². The Morgan fingerprint density at radius 2 is 1.90 bits per heavy atom. The molecule has 2 unspecified atom stereocenters. The Hall–Kier alpha value is -3.63. The molecular formula is C20H17F2N7O2. The first-order chi connectivity index (χ1) is 15.0.